The highest BCUT2D eigenvalue weighted by atomic mass is 127. The number of pyridine rings is 1. The van der Waals surface area contributed by atoms with E-state index >= 15 is 0 Å². The fourth-order valence-corrected chi connectivity index (χ4v) is 4.16. The number of nitrogens with zero attached hydrogens (tertiary/aromatic N) is 1. The van der Waals surface area contributed by atoms with Crippen LogP contribution in [0.5, 0.6) is 0 Å². The molecule has 1 unspecified atom stereocenters. The largest absolute Gasteiger partial charge is 0.265 e. The molecule has 0 fully saturated rings. The molecule has 0 bridgehead atoms. The molecule has 1 aromatic carbocycles. The summed E-state index contributed by atoms with van der Waals surface area (Å²) in [6.07, 6.45) is 19.3. The van der Waals surface area contributed by atoms with Gasteiger partial charge in [-0.2, -0.15) is 0 Å². The summed E-state index contributed by atoms with van der Waals surface area (Å²) in [6, 6.07) is 3.81. The second kappa shape index (κ2) is 11.6. The Balaban J connectivity index is 1.83. The van der Waals surface area contributed by atoms with Crippen LogP contribution in [0, 0.1) is 32.8 Å². The molecule has 2 aromatic rings. The Morgan fingerprint density at radius 1 is 0.812 bits per heavy atom. The van der Waals surface area contributed by atoms with Gasteiger partial charge in [-0.15, -0.1) is 0 Å². The molecule has 0 amide bonds. The van der Waals surface area contributed by atoms with Gasteiger partial charge in [-0.3, -0.25) is 4.98 Å². The molecular formula is C26H24F4IN. The highest BCUT2D eigenvalue weighted by Crippen LogP contribution is 2.35. The number of aromatic nitrogens is 1. The first kappa shape index (κ1) is 24.4. The van der Waals surface area contributed by atoms with Crippen LogP contribution in [0.1, 0.15) is 50.2 Å². The summed E-state index contributed by atoms with van der Waals surface area (Å²) in [7, 11) is 0. The van der Waals surface area contributed by atoms with Crippen LogP contribution in [0.3, 0.4) is 0 Å². The number of halogens is 5. The highest BCUT2D eigenvalue weighted by molar-refractivity contribution is 14.1. The minimum Gasteiger partial charge on any atom is -0.265 e. The molecule has 1 heterocycles. The predicted molar refractivity (Wildman–Crippen MR) is 130 cm³/mol. The first-order valence-electron chi connectivity index (χ1n) is 10.6. The van der Waals surface area contributed by atoms with E-state index in [-0.39, 0.29) is 5.92 Å². The standard InChI is InChI=1S/C26H24F4IN/c1-2-3-4-5-6-20-18(8-7-17-13-15-32-16-14-17)9-10-19(20)11-12-21-22(27)24(29)26(31)25(30)23(21)28/h7-16,20H,2-6H2,1H3/b8-7+,12-11+. The van der Waals surface area contributed by atoms with E-state index in [9.17, 15) is 17.6 Å². The fraction of sp³-hybridized carbons (Fsp3) is 0.269. The summed E-state index contributed by atoms with van der Waals surface area (Å²) in [5, 5.41) is 0. The maximum absolute atomic E-state index is 14.3. The smallest absolute Gasteiger partial charge is 0.175 e. The van der Waals surface area contributed by atoms with Crippen molar-refractivity contribution in [2.24, 2.45) is 5.92 Å². The third-order valence-corrected chi connectivity index (χ3v) is 6.43. The van der Waals surface area contributed by atoms with E-state index in [0.29, 0.717) is 0 Å². The zero-order chi connectivity index (χ0) is 23.1. The second-order valence-corrected chi connectivity index (χ2v) is 8.74. The normalized spacial score (nSPS) is 16.2. The predicted octanol–water partition coefficient (Wildman–Crippen LogP) is 8.42. The topological polar surface area (TPSA) is 12.9 Å². The summed E-state index contributed by atoms with van der Waals surface area (Å²) in [5.41, 5.74) is 2.25. The lowest BCUT2D eigenvalue weighted by atomic mass is 9.89. The average molecular weight is 553 g/mol. The van der Waals surface area contributed by atoms with Crippen molar-refractivity contribution in [2.45, 2.75) is 39.0 Å². The summed E-state index contributed by atoms with van der Waals surface area (Å²) in [5.74, 6) is -5.47. The van der Waals surface area contributed by atoms with Gasteiger partial charge in [0.1, 0.15) is 0 Å². The van der Waals surface area contributed by atoms with Gasteiger partial charge in [0.25, 0.3) is 0 Å². The van der Waals surface area contributed by atoms with Crippen LogP contribution in [0.2, 0.25) is 0 Å². The van der Waals surface area contributed by atoms with Crippen LogP contribution in [-0.2, 0) is 0 Å². The molecule has 1 aliphatic rings. The van der Waals surface area contributed by atoms with Crippen molar-refractivity contribution in [3.8, 4) is 0 Å². The summed E-state index contributed by atoms with van der Waals surface area (Å²) in [4.78, 5) is 4.01. The lowest BCUT2D eigenvalue weighted by Crippen LogP contribution is -2.04. The molecule has 6 heteroatoms. The van der Waals surface area contributed by atoms with Gasteiger partial charge in [0.2, 0.25) is 0 Å². The molecular weight excluding hydrogens is 529 g/mol. The van der Waals surface area contributed by atoms with Crippen molar-refractivity contribution in [1.82, 2.24) is 4.98 Å². The Labute approximate surface area is 199 Å². The number of benzene rings is 1. The number of hydrogen-bond donors (Lipinski definition) is 0. The third kappa shape index (κ3) is 5.77. The van der Waals surface area contributed by atoms with Gasteiger partial charge in [0.15, 0.2) is 23.3 Å². The van der Waals surface area contributed by atoms with Gasteiger partial charge in [0.05, 0.1) is 9.13 Å². The van der Waals surface area contributed by atoms with Gasteiger partial charge < -0.3 is 0 Å². The summed E-state index contributed by atoms with van der Waals surface area (Å²) in [6.45, 7) is 2.15. The van der Waals surface area contributed by atoms with E-state index < -0.39 is 32.4 Å². The monoisotopic (exact) mass is 553 g/mol. The van der Waals surface area contributed by atoms with E-state index in [4.69, 9.17) is 0 Å². The number of unbranched alkanes of at least 4 members (excludes halogenated alkanes) is 3. The van der Waals surface area contributed by atoms with E-state index in [1.807, 2.05) is 36.4 Å². The van der Waals surface area contributed by atoms with Crippen LogP contribution in [0.15, 0.2) is 60.0 Å². The van der Waals surface area contributed by atoms with Crippen LogP contribution < -0.4 is 0 Å². The van der Waals surface area contributed by atoms with E-state index in [2.05, 4.69) is 11.9 Å². The molecule has 1 aromatic heterocycles. The molecule has 0 saturated carbocycles. The van der Waals surface area contributed by atoms with E-state index in [1.54, 1.807) is 18.5 Å². The molecule has 1 nitrogen and oxygen atoms in total. The lowest BCUT2D eigenvalue weighted by Gasteiger charge is -2.16. The number of hydrogen-bond acceptors (Lipinski definition) is 1. The average Bonchev–Trinajstić information content (AvgIpc) is 3.20. The zero-order valence-electron chi connectivity index (χ0n) is 17.7. The maximum atomic E-state index is 14.3. The Morgan fingerprint density at radius 2 is 1.41 bits per heavy atom. The molecule has 0 spiro atoms. The fourth-order valence-electron chi connectivity index (χ4n) is 3.68. The lowest BCUT2D eigenvalue weighted by molar-refractivity contribution is 0.443. The molecule has 168 valence electrons. The number of rotatable bonds is 9. The first-order valence-corrected chi connectivity index (χ1v) is 11.7. The van der Waals surface area contributed by atoms with Crippen molar-refractivity contribution in [3.05, 3.63) is 97.9 Å². The molecule has 0 N–H and O–H groups in total. The van der Waals surface area contributed by atoms with E-state index in [1.165, 1.54) is 22.6 Å². The van der Waals surface area contributed by atoms with Crippen LogP contribution in [0.4, 0.5) is 17.6 Å². The molecule has 0 aliphatic heterocycles. The molecule has 0 saturated heterocycles. The van der Waals surface area contributed by atoms with Gasteiger partial charge in [-0.25, -0.2) is 17.6 Å². The van der Waals surface area contributed by atoms with Crippen molar-refractivity contribution in [1.29, 1.82) is 0 Å². The second-order valence-electron chi connectivity index (χ2n) is 7.67. The Kier molecular flexibility index (Phi) is 8.84. The maximum Gasteiger partial charge on any atom is 0.175 e. The van der Waals surface area contributed by atoms with Crippen LogP contribution >= 0.6 is 22.6 Å². The molecule has 32 heavy (non-hydrogen) atoms. The van der Waals surface area contributed by atoms with Crippen LogP contribution in [-0.4, -0.2) is 4.98 Å². The molecule has 1 aliphatic carbocycles. The minimum absolute atomic E-state index is 0.0471. The van der Waals surface area contributed by atoms with Crippen molar-refractivity contribution in [2.75, 3.05) is 0 Å². The highest BCUT2D eigenvalue weighted by Gasteiger charge is 2.24. The molecule has 0 radical (unpaired) electrons. The minimum atomic E-state index is -1.38. The van der Waals surface area contributed by atoms with Gasteiger partial charge in [-0.1, -0.05) is 63.0 Å². The Bertz CT molecular complexity index is 1040. The zero-order valence-corrected chi connectivity index (χ0v) is 19.9. The number of allylic oxidation sites excluding steroid dienone is 6. The summed E-state index contributed by atoms with van der Waals surface area (Å²) >= 11 is 1.26. The Morgan fingerprint density at radius 3 is 2.00 bits per heavy atom. The quantitative estimate of drug-likeness (QED) is 0.0999. The Hall–Kier alpha value is -2.22. The first-order chi connectivity index (χ1) is 15.4. The van der Waals surface area contributed by atoms with Gasteiger partial charge >= 0.3 is 0 Å². The van der Waals surface area contributed by atoms with Crippen molar-refractivity contribution >= 4 is 34.7 Å². The van der Waals surface area contributed by atoms with E-state index in [0.717, 1.165) is 54.9 Å². The van der Waals surface area contributed by atoms with Crippen molar-refractivity contribution in [3.63, 3.8) is 0 Å². The summed E-state index contributed by atoms with van der Waals surface area (Å²) < 4.78 is 55.7. The van der Waals surface area contributed by atoms with Crippen molar-refractivity contribution < 1.29 is 17.6 Å². The van der Waals surface area contributed by atoms with Crippen LogP contribution in [0.25, 0.3) is 12.2 Å². The van der Waals surface area contributed by atoms with Gasteiger partial charge in [-0.05, 0) is 63.9 Å². The SMILES string of the molecule is CCCCCCC1C(/C=C/c2ccncc2)=CC=C1/C=C/c1c(F)c(F)c(I)c(F)c1F. The van der Waals surface area contributed by atoms with Gasteiger partial charge in [0, 0.05) is 18.3 Å². The molecule has 3 rings (SSSR count). The third-order valence-electron chi connectivity index (χ3n) is 5.48. The molecule has 1 atom stereocenters.